The molecule has 0 aromatic heterocycles. The van der Waals surface area contributed by atoms with Gasteiger partial charge in [-0.25, -0.2) is 0 Å². The monoisotopic (exact) mass is 462 g/mol. The Morgan fingerprint density at radius 3 is 1.97 bits per heavy atom. The van der Waals surface area contributed by atoms with Crippen LogP contribution in [0, 0.1) is 5.92 Å². The van der Waals surface area contributed by atoms with Gasteiger partial charge in [0.2, 0.25) is 0 Å². The molecular weight excluding hydrogens is 432 g/mol. The van der Waals surface area contributed by atoms with Crippen LogP contribution in [0.4, 0.5) is 0 Å². The van der Waals surface area contributed by atoms with E-state index in [1.807, 2.05) is 30.3 Å². The van der Waals surface area contributed by atoms with Crippen LogP contribution in [0.3, 0.4) is 0 Å². The van der Waals surface area contributed by atoms with Crippen LogP contribution >= 0.6 is 0 Å². The summed E-state index contributed by atoms with van der Waals surface area (Å²) >= 11 is 0. The minimum absolute atomic E-state index is 0.0144. The molecular formula is C28H30O6. The number of benzene rings is 3. The maximum absolute atomic E-state index is 13.2. The second-order valence-electron chi connectivity index (χ2n) is 8.30. The summed E-state index contributed by atoms with van der Waals surface area (Å²) in [5.41, 5.74) is 2.99. The van der Waals surface area contributed by atoms with Gasteiger partial charge in [-0.1, -0.05) is 42.5 Å². The summed E-state index contributed by atoms with van der Waals surface area (Å²) in [6.45, 7) is -0.287. The van der Waals surface area contributed by atoms with Gasteiger partial charge in [0.25, 0.3) is 0 Å². The van der Waals surface area contributed by atoms with E-state index in [1.54, 1.807) is 24.3 Å². The van der Waals surface area contributed by atoms with E-state index < -0.39 is 5.92 Å². The summed E-state index contributed by atoms with van der Waals surface area (Å²) in [6.07, 6.45) is 1.58. The van der Waals surface area contributed by atoms with E-state index in [0.717, 1.165) is 16.7 Å². The zero-order valence-electron chi connectivity index (χ0n) is 19.2. The molecule has 0 aliphatic heterocycles. The molecule has 0 heterocycles. The first-order valence-corrected chi connectivity index (χ1v) is 11.3. The number of Topliss-reactive ketones (excluding diaryl/α,β-unsaturated/α-hetero) is 2. The van der Waals surface area contributed by atoms with Crippen molar-refractivity contribution in [1.29, 1.82) is 0 Å². The molecule has 0 fully saturated rings. The van der Waals surface area contributed by atoms with Crippen molar-refractivity contribution in [2.75, 3.05) is 7.11 Å². The Hall–Kier alpha value is -3.64. The maximum atomic E-state index is 13.2. The number of hydrogen-bond acceptors (Lipinski definition) is 6. The molecule has 0 saturated heterocycles. The summed E-state index contributed by atoms with van der Waals surface area (Å²) in [5, 5.41) is 28.9. The normalized spacial score (nSPS) is 11.7. The van der Waals surface area contributed by atoms with Gasteiger partial charge in [-0.3, -0.25) is 9.59 Å². The summed E-state index contributed by atoms with van der Waals surface area (Å²) in [4.78, 5) is 26.3. The highest BCUT2D eigenvalue weighted by Gasteiger charge is 2.26. The van der Waals surface area contributed by atoms with Crippen LogP contribution in [-0.4, -0.2) is 34.0 Å². The van der Waals surface area contributed by atoms with Gasteiger partial charge >= 0.3 is 0 Å². The number of hydrogen-bond donors (Lipinski definition) is 3. The van der Waals surface area contributed by atoms with E-state index in [4.69, 9.17) is 4.74 Å². The first-order chi connectivity index (χ1) is 16.4. The molecule has 3 aromatic carbocycles. The summed E-state index contributed by atoms with van der Waals surface area (Å²) in [7, 11) is 1.47. The molecule has 0 spiro atoms. The van der Waals surface area contributed by atoms with Crippen LogP contribution < -0.4 is 4.74 Å². The van der Waals surface area contributed by atoms with E-state index in [0.29, 0.717) is 30.6 Å². The first kappa shape index (κ1) is 25.0. The Balaban J connectivity index is 1.70. The molecule has 0 amide bonds. The number of rotatable bonds is 12. The lowest BCUT2D eigenvalue weighted by molar-refractivity contribution is -0.132. The highest BCUT2D eigenvalue weighted by atomic mass is 16.5. The fraction of sp³-hybridized carbons (Fsp3) is 0.286. The van der Waals surface area contributed by atoms with E-state index >= 15 is 0 Å². The minimum Gasteiger partial charge on any atom is -0.508 e. The molecule has 0 aliphatic carbocycles. The molecule has 3 aromatic rings. The van der Waals surface area contributed by atoms with E-state index in [-0.39, 0.29) is 42.5 Å². The van der Waals surface area contributed by atoms with Crippen LogP contribution in [0.25, 0.3) is 0 Å². The molecule has 0 aliphatic rings. The van der Waals surface area contributed by atoms with Gasteiger partial charge < -0.3 is 20.1 Å². The number of phenols is 2. The van der Waals surface area contributed by atoms with Crippen molar-refractivity contribution in [2.45, 2.75) is 38.7 Å². The lowest BCUT2D eigenvalue weighted by Crippen LogP contribution is -2.27. The summed E-state index contributed by atoms with van der Waals surface area (Å²) < 4.78 is 5.13. The van der Waals surface area contributed by atoms with Crippen molar-refractivity contribution in [3.63, 3.8) is 0 Å². The van der Waals surface area contributed by atoms with Crippen LogP contribution in [0.1, 0.15) is 35.1 Å². The van der Waals surface area contributed by atoms with Crippen molar-refractivity contribution in [3.05, 3.63) is 89.0 Å². The number of ether oxygens (including phenoxy) is 1. The highest BCUT2D eigenvalue weighted by molar-refractivity contribution is 6.02. The molecule has 3 rings (SSSR count). The van der Waals surface area contributed by atoms with E-state index in [9.17, 15) is 24.9 Å². The number of aromatic hydroxyl groups is 2. The summed E-state index contributed by atoms with van der Waals surface area (Å²) in [5.74, 6) is -0.610. The quantitative estimate of drug-likeness (QED) is 0.349. The third-order valence-corrected chi connectivity index (χ3v) is 5.94. The van der Waals surface area contributed by atoms with Crippen molar-refractivity contribution >= 4 is 11.6 Å². The minimum atomic E-state index is -0.754. The molecule has 1 unspecified atom stereocenters. The van der Waals surface area contributed by atoms with Gasteiger partial charge in [-0.15, -0.1) is 0 Å². The number of carbonyl (C=O) groups excluding carboxylic acids is 2. The van der Waals surface area contributed by atoms with Crippen LogP contribution in [0.5, 0.6) is 17.2 Å². The average Bonchev–Trinajstić information content (AvgIpc) is 2.86. The highest BCUT2D eigenvalue weighted by Crippen LogP contribution is 2.27. The Labute approximate surface area is 199 Å². The Bertz CT molecular complexity index is 1050. The lowest BCUT2D eigenvalue weighted by atomic mass is 9.86. The van der Waals surface area contributed by atoms with Gasteiger partial charge in [0.1, 0.15) is 17.3 Å². The van der Waals surface area contributed by atoms with Crippen LogP contribution in [-0.2, 0) is 35.5 Å². The molecule has 0 bridgehead atoms. The predicted molar refractivity (Wildman–Crippen MR) is 129 cm³/mol. The van der Waals surface area contributed by atoms with Gasteiger partial charge in [0.15, 0.2) is 11.5 Å². The smallest absolute Gasteiger partial charge is 0.160 e. The number of carbonyl (C=O) groups is 2. The van der Waals surface area contributed by atoms with Crippen molar-refractivity contribution in [1.82, 2.24) is 0 Å². The number of phenolic OH excluding ortho intramolecular Hbond substituents is 1. The lowest BCUT2D eigenvalue weighted by Gasteiger charge is -2.16. The largest absolute Gasteiger partial charge is 0.508 e. The Morgan fingerprint density at radius 1 is 0.794 bits per heavy atom. The van der Waals surface area contributed by atoms with Gasteiger partial charge in [0.05, 0.1) is 19.6 Å². The average molecular weight is 463 g/mol. The van der Waals surface area contributed by atoms with Gasteiger partial charge in [-0.2, -0.15) is 0 Å². The van der Waals surface area contributed by atoms with Crippen molar-refractivity contribution < 1.29 is 29.6 Å². The SMILES string of the molecule is COc1cc(CCC(=O)C(Cc2ccccc2)C(=O)CCc2ccc(O)c(CO)c2)ccc1O. The number of methoxy groups -OCH3 is 1. The molecule has 1 atom stereocenters. The number of aryl methyl sites for hydroxylation is 2. The standard InChI is InChI=1S/C28H30O6/c1-34-28-17-21(10-14-27(28)33)9-13-26(32)23(16-19-5-3-2-4-6-19)25(31)12-8-20-7-11-24(30)22(15-20)18-29/h2-7,10-11,14-15,17,23,29-30,33H,8-9,12-13,16,18H2,1H3. The predicted octanol–water partition coefficient (Wildman–Crippen LogP) is 4.16. The molecule has 34 heavy (non-hydrogen) atoms. The third kappa shape index (κ3) is 6.68. The number of ketones is 2. The first-order valence-electron chi connectivity index (χ1n) is 11.3. The van der Waals surface area contributed by atoms with E-state index in [2.05, 4.69) is 0 Å². The number of aliphatic hydroxyl groups excluding tert-OH is 1. The summed E-state index contributed by atoms with van der Waals surface area (Å²) in [6, 6.07) is 19.3. The second-order valence-corrected chi connectivity index (χ2v) is 8.30. The number of aliphatic hydroxyl groups is 1. The Kier molecular flexibility index (Phi) is 8.82. The Morgan fingerprint density at radius 2 is 1.38 bits per heavy atom. The van der Waals surface area contributed by atoms with Crippen LogP contribution in [0.2, 0.25) is 0 Å². The zero-order chi connectivity index (χ0) is 24.5. The van der Waals surface area contributed by atoms with Gasteiger partial charge in [0, 0.05) is 18.4 Å². The molecule has 178 valence electrons. The molecule has 3 N–H and O–H groups in total. The maximum Gasteiger partial charge on any atom is 0.160 e. The fourth-order valence-corrected chi connectivity index (χ4v) is 3.94. The third-order valence-electron chi connectivity index (χ3n) is 5.94. The van der Waals surface area contributed by atoms with Crippen molar-refractivity contribution in [3.8, 4) is 17.2 Å². The van der Waals surface area contributed by atoms with E-state index in [1.165, 1.54) is 19.2 Å². The molecule has 6 nitrogen and oxygen atoms in total. The molecule has 0 radical (unpaired) electrons. The van der Waals surface area contributed by atoms with Crippen LogP contribution in [0.15, 0.2) is 66.7 Å². The zero-order valence-corrected chi connectivity index (χ0v) is 19.2. The topological polar surface area (TPSA) is 104 Å². The fourth-order valence-electron chi connectivity index (χ4n) is 3.94. The second kappa shape index (κ2) is 12.0. The van der Waals surface area contributed by atoms with Crippen molar-refractivity contribution in [2.24, 2.45) is 5.92 Å². The molecule has 0 saturated carbocycles. The molecule has 6 heteroatoms. The van der Waals surface area contributed by atoms with Gasteiger partial charge in [-0.05, 0) is 60.2 Å².